The number of aryl methyl sites for hydroxylation is 4. The van der Waals surface area contributed by atoms with Crippen LogP contribution in [-0.2, 0) is 0 Å². The molecule has 0 radical (unpaired) electrons. The van der Waals surface area contributed by atoms with Gasteiger partial charge in [0.15, 0.2) is 17.5 Å². The zero-order valence-electron chi connectivity index (χ0n) is 26.1. The van der Waals surface area contributed by atoms with Gasteiger partial charge in [0.2, 0.25) is 0 Å². The summed E-state index contributed by atoms with van der Waals surface area (Å²) in [6, 6.07) is 20.5. The molecule has 0 spiro atoms. The van der Waals surface area contributed by atoms with Crippen molar-refractivity contribution >= 4 is 0 Å². The number of nitrogens with zero attached hydrogens (tertiary/aromatic N) is 3. The number of hydrogen-bond acceptors (Lipinski definition) is 5. The molecule has 1 atom stereocenters. The van der Waals surface area contributed by atoms with E-state index in [1.165, 1.54) is 56.1 Å². The summed E-state index contributed by atoms with van der Waals surface area (Å²) in [5, 5.41) is 10.4. The highest BCUT2D eigenvalue weighted by Gasteiger charge is 2.15. The lowest BCUT2D eigenvalue weighted by molar-refractivity contribution is 0.0975. The van der Waals surface area contributed by atoms with Crippen LogP contribution >= 0.6 is 0 Å². The van der Waals surface area contributed by atoms with Crippen LogP contribution in [0.15, 0.2) is 60.7 Å². The van der Waals surface area contributed by atoms with Crippen LogP contribution in [-0.4, -0.2) is 32.8 Å². The first-order valence-electron chi connectivity index (χ1n) is 15.7. The van der Waals surface area contributed by atoms with E-state index in [2.05, 4.69) is 71.0 Å². The second-order valence-electron chi connectivity index (χ2n) is 11.7. The number of hydrogen-bond donors (Lipinski definition) is 1. The molecule has 0 amide bonds. The molecule has 42 heavy (non-hydrogen) atoms. The summed E-state index contributed by atoms with van der Waals surface area (Å²) in [6.45, 7) is 10.9. The lowest BCUT2D eigenvalue weighted by Gasteiger charge is -2.13. The Morgan fingerprint density at radius 3 is 1.64 bits per heavy atom. The standard InChI is InChI=1S/C37H47N3O2/c1-6-7-8-9-10-11-12-13-14-31(41)25-42-32-19-17-30(18-20-32)35-38-36(33-21-15-26(2)23-28(33)4)40-37(39-35)34-22-16-27(3)24-29(34)5/h15-24,31,41H,6-14,25H2,1-5H3. The summed E-state index contributed by atoms with van der Waals surface area (Å²) < 4.78 is 5.92. The van der Waals surface area contributed by atoms with Gasteiger partial charge in [0.25, 0.3) is 0 Å². The lowest BCUT2D eigenvalue weighted by Crippen LogP contribution is -2.17. The molecular formula is C37H47N3O2. The van der Waals surface area contributed by atoms with Gasteiger partial charge in [-0.1, -0.05) is 106 Å². The van der Waals surface area contributed by atoms with Crippen LogP contribution in [0.2, 0.25) is 0 Å². The Morgan fingerprint density at radius 2 is 1.12 bits per heavy atom. The fourth-order valence-electron chi connectivity index (χ4n) is 5.36. The predicted octanol–water partition coefficient (Wildman–Crippen LogP) is 9.38. The van der Waals surface area contributed by atoms with E-state index in [4.69, 9.17) is 19.7 Å². The Labute approximate surface area is 252 Å². The largest absolute Gasteiger partial charge is 0.491 e. The SMILES string of the molecule is CCCCCCCCCCC(O)COc1ccc(-c2nc(-c3ccc(C)cc3C)nc(-c3ccc(C)cc3C)n2)cc1. The highest BCUT2D eigenvalue weighted by molar-refractivity contribution is 5.69. The highest BCUT2D eigenvalue weighted by Crippen LogP contribution is 2.29. The van der Waals surface area contributed by atoms with Gasteiger partial charge in [-0.05, 0) is 69.5 Å². The molecule has 1 N–H and O–H groups in total. The summed E-state index contributed by atoms with van der Waals surface area (Å²) in [7, 11) is 0. The van der Waals surface area contributed by atoms with E-state index in [0.29, 0.717) is 24.1 Å². The first-order valence-corrected chi connectivity index (χ1v) is 15.7. The van der Waals surface area contributed by atoms with Crippen LogP contribution in [0.1, 0.15) is 87.0 Å². The molecule has 5 nitrogen and oxygen atoms in total. The minimum Gasteiger partial charge on any atom is -0.491 e. The summed E-state index contributed by atoms with van der Waals surface area (Å²) in [5.41, 5.74) is 7.57. The van der Waals surface area contributed by atoms with Crippen LogP contribution in [0, 0.1) is 27.7 Å². The van der Waals surface area contributed by atoms with Gasteiger partial charge in [-0.2, -0.15) is 0 Å². The van der Waals surface area contributed by atoms with E-state index in [1.54, 1.807) is 0 Å². The van der Waals surface area contributed by atoms with Gasteiger partial charge in [-0.15, -0.1) is 0 Å². The summed E-state index contributed by atoms with van der Waals surface area (Å²) in [5.74, 6) is 2.68. The maximum atomic E-state index is 10.4. The fraction of sp³-hybridized carbons (Fsp3) is 0.432. The van der Waals surface area contributed by atoms with Gasteiger partial charge in [-0.3, -0.25) is 0 Å². The van der Waals surface area contributed by atoms with Crippen molar-refractivity contribution in [2.75, 3.05) is 6.61 Å². The number of aliphatic hydroxyl groups is 1. The van der Waals surface area contributed by atoms with E-state index in [0.717, 1.165) is 46.4 Å². The van der Waals surface area contributed by atoms with E-state index in [9.17, 15) is 5.11 Å². The van der Waals surface area contributed by atoms with Crippen molar-refractivity contribution < 1.29 is 9.84 Å². The zero-order valence-corrected chi connectivity index (χ0v) is 26.1. The molecule has 0 fully saturated rings. The molecule has 1 aromatic heterocycles. The van der Waals surface area contributed by atoms with Crippen molar-refractivity contribution in [2.45, 2.75) is 98.5 Å². The van der Waals surface area contributed by atoms with Gasteiger partial charge < -0.3 is 9.84 Å². The van der Waals surface area contributed by atoms with E-state index >= 15 is 0 Å². The number of rotatable bonds is 15. The maximum Gasteiger partial charge on any atom is 0.164 e. The molecule has 0 saturated heterocycles. The Balaban J connectivity index is 1.45. The van der Waals surface area contributed by atoms with E-state index in [-0.39, 0.29) is 0 Å². The number of benzene rings is 3. The topological polar surface area (TPSA) is 68.1 Å². The normalized spacial score (nSPS) is 12.0. The minimum absolute atomic E-state index is 0.301. The second kappa shape index (κ2) is 15.6. The predicted molar refractivity (Wildman–Crippen MR) is 174 cm³/mol. The molecule has 1 heterocycles. The molecule has 4 rings (SSSR count). The number of aliphatic hydroxyl groups excluding tert-OH is 1. The molecule has 1 unspecified atom stereocenters. The van der Waals surface area contributed by atoms with Crippen molar-refractivity contribution in [1.82, 2.24) is 15.0 Å². The van der Waals surface area contributed by atoms with Crippen LogP contribution in [0.25, 0.3) is 34.2 Å². The third kappa shape index (κ3) is 8.96. The monoisotopic (exact) mass is 565 g/mol. The van der Waals surface area contributed by atoms with Crippen molar-refractivity contribution in [1.29, 1.82) is 0 Å². The van der Waals surface area contributed by atoms with Crippen molar-refractivity contribution in [3.8, 4) is 39.9 Å². The minimum atomic E-state index is -0.450. The molecule has 222 valence electrons. The van der Waals surface area contributed by atoms with Crippen LogP contribution in [0.4, 0.5) is 0 Å². The van der Waals surface area contributed by atoms with Gasteiger partial charge in [0.1, 0.15) is 12.4 Å². The maximum absolute atomic E-state index is 10.4. The zero-order chi connectivity index (χ0) is 29.9. The summed E-state index contributed by atoms with van der Waals surface area (Å²) >= 11 is 0. The smallest absolute Gasteiger partial charge is 0.164 e. The third-order valence-corrected chi connectivity index (χ3v) is 7.83. The number of unbranched alkanes of at least 4 members (excludes halogenated alkanes) is 7. The first-order chi connectivity index (χ1) is 20.3. The molecule has 5 heteroatoms. The molecule has 0 aliphatic rings. The first kappa shape index (κ1) is 31.4. The quantitative estimate of drug-likeness (QED) is 0.145. The number of aromatic nitrogens is 3. The molecule has 0 aliphatic heterocycles. The molecular weight excluding hydrogens is 518 g/mol. The van der Waals surface area contributed by atoms with E-state index in [1.807, 2.05) is 24.3 Å². The molecule has 0 bridgehead atoms. The Hall–Kier alpha value is -3.57. The Morgan fingerprint density at radius 1 is 0.619 bits per heavy atom. The van der Waals surface area contributed by atoms with Crippen molar-refractivity contribution in [2.24, 2.45) is 0 Å². The van der Waals surface area contributed by atoms with Gasteiger partial charge in [0, 0.05) is 16.7 Å². The van der Waals surface area contributed by atoms with Gasteiger partial charge in [-0.25, -0.2) is 15.0 Å². The third-order valence-electron chi connectivity index (χ3n) is 7.83. The summed E-state index contributed by atoms with van der Waals surface area (Å²) in [4.78, 5) is 14.7. The van der Waals surface area contributed by atoms with Gasteiger partial charge >= 0.3 is 0 Å². The molecule has 0 saturated carbocycles. The average molecular weight is 566 g/mol. The Kier molecular flexibility index (Phi) is 11.7. The van der Waals surface area contributed by atoms with Crippen LogP contribution < -0.4 is 4.74 Å². The van der Waals surface area contributed by atoms with Crippen molar-refractivity contribution in [3.05, 3.63) is 82.9 Å². The Bertz CT molecular complexity index is 1360. The number of ether oxygens (including phenoxy) is 1. The fourth-order valence-corrected chi connectivity index (χ4v) is 5.36. The molecule has 3 aromatic carbocycles. The lowest BCUT2D eigenvalue weighted by atomic mass is 10.0. The van der Waals surface area contributed by atoms with E-state index < -0.39 is 6.10 Å². The highest BCUT2D eigenvalue weighted by atomic mass is 16.5. The van der Waals surface area contributed by atoms with Gasteiger partial charge in [0.05, 0.1) is 6.10 Å². The second-order valence-corrected chi connectivity index (χ2v) is 11.7. The average Bonchev–Trinajstić information content (AvgIpc) is 2.97. The summed E-state index contributed by atoms with van der Waals surface area (Å²) in [6.07, 6.45) is 10.4. The van der Waals surface area contributed by atoms with Crippen molar-refractivity contribution in [3.63, 3.8) is 0 Å². The molecule has 0 aliphatic carbocycles. The molecule has 4 aromatic rings. The van der Waals surface area contributed by atoms with Crippen LogP contribution in [0.5, 0.6) is 5.75 Å². The van der Waals surface area contributed by atoms with Crippen LogP contribution in [0.3, 0.4) is 0 Å².